The van der Waals surface area contributed by atoms with Crippen molar-refractivity contribution in [3.05, 3.63) is 59.7 Å². The first-order valence-electron chi connectivity index (χ1n) is 9.55. The quantitative estimate of drug-likeness (QED) is 0.699. The minimum absolute atomic E-state index is 0.186. The molecule has 0 fully saturated rings. The fourth-order valence-corrected chi connectivity index (χ4v) is 3.63. The van der Waals surface area contributed by atoms with E-state index in [1.165, 1.54) is 0 Å². The highest BCUT2D eigenvalue weighted by Gasteiger charge is 2.37. The Hall–Kier alpha value is -3.35. The molecule has 2 aromatic rings. The summed E-state index contributed by atoms with van der Waals surface area (Å²) in [4.78, 5) is 37.2. The number of benzene rings is 2. The van der Waals surface area contributed by atoms with Crippen molar-refractivity contribution >= 4 is 23.5 Å². The maximum atomic E-state index is 13.2. The zero-order valence-electron chi connectivity index (χ0n) is 16.2. The molecule has 0 unspecified atom stereocenters. The van der Waals surface area contributed by atoms with Crippen LogP contribution in [0, 0.1) is 0 Å². The zero-order valence-corrected chi connectivity index (χ0v) is 16.2. The van der Waals surface area contributed by atoms with E-state index in [1.807, 2.05) is 6.92 Å². The number of aliphatic carboxylic acids is 1. The van der Waals surface area contributed by atoms with E-state index in [0.717, 1.165) is 0 Å². The van der Waals surface area contributed by atoms with Crippen molar-refractivity contribution < 1.29 is 24.2 Å². The second-order valence-corrected chi connectivity index (χ2v) is 7.15. The fourth-order valence-electron chi connectivity index (χ4n) is 3.63. The second-order valence-electron chi connectivity index (χ2n) is 7.15. The molecule has 7 nitrogen and oxygen atoms in total. The zero-order chi connectivity index (χ0) is 21.0. The van der Waals surface area contributed by atoms with Gasteiger partial charge in [0.15, 0.2) is 0 Å². The molecule has 152 valence electrons. The average Bonchev–Trinajstić information content (AvgIpc) is 2.70. The Morgan fingerprint density at radius 1 is 1.14 bits per heavy atom. The maximum absolute atomic E-state index is 13.2. The van der Waals surface area contributed by atoms with Crippen molar-refractivity contribution in [1.82, 2.24) is 0 Å². The number of ether oxygens (including phenoxy) is 1. The summed E-state index contributed by atoms with van der Waals surface area (Å²) in [5, 5.41) is 9.55. The van der Waals surface area contributed by atoms with Gasteiger partial charge in [-0.3, -0.25) is 14.4 Å². The van der Waals surface area contributed by atoms with Gasteiger partial charge in [0, 0.05) is 23.7 Å². The molecule has 0 radical (unpaired) electrons. The van der Waals surface area contributed by atoms with Gasteiger partial charge in [0.2, 0.25) is 5.91 Å². The van der Waals surface area contributed by atoms with E-state index in [2.05, 4.69) is 0 Å². The molecule has 2 amide bonds. The Balaban J connectivity index is 1.76. The van der Waals surface area contributed by atoms with Crippen LogP contribution < -0.4 is 15.4 Å². The largest absolute Gasteiger partial charge is 0.494 e. The van der Waals surface area contributed by atoms with Gasteiger partial charge in [0.25, 0.3) is 5.91 Å². The lowest BCUT2D eigenvalue weighted by Crippen LogP contribution is -2.44. The lowest BCUT2D eigenvalue weighted by molar-refractivity contribution is -0.139. The number of rotatable bonds is 7. The van der Waals surface area contributed by atoms with Crippen LogP contribution in [0.25, 0.3) is 0 Å². The Morgan fingerprint density at radius 3 is 2.48 bits per heavy atom. The van der Waals surface area contributed by atoms with Crippen LogP contribution in [0.15, 0.2) is 48.5 Å². The second kappa shape index (κ2) is 8.77. The van der Waals surface area contributed by atoms with E-state index in [4.69, 9.17) is 10.5 Å². The van der Waals surface area contributed by atoms with Crippen molar-refractivity contribution in [3.63, 3.8) is 0 Å². The number of fused-ring (bicyclic) bond motifs is 1. The molecule has 0 aromatic heterocycles. The molecule has 0 bridgehead atoms. The Labute approximate surface area is 169 Å². The number of primary amides is 1. The molecule has 0 saturated carbocycles. The molecule has 1 aliphatic heterocycles. The highest BCUT2D eigenvalue weighted by atomic mass is 16.5. The Kier molecular flexibility index (Phi) is 6.16. The van der Waals surface area contributed by atoms with Crippen molar-refractivity contribution in [2.45, 2.75) is 38.1 Å². The lowest BCUT2D eigenvalue weighted by Gasteiger charge is -2.38. The first-order valence-corrected chi connectivity index (χ1v) is 9.55. The van der Waals surface area contributed by atoms with Gasteiger partial charge in [0.05, 0.1) is 12.5 Å². The van der Waals surface area contributed by atoms with Gasteiger partial charge in [-0.25, -0.2) is 0 Å². The molecule has 1 aliphatic rings. The molecule has 3 rings (SSSR count). The minimum Gasteiger partial charge on any atom is -0.494 e. The molecule has 1 heterocycles. The number of hydrogen-bond donors (Lipinski definition) is 2. The third-order valence-electron chi connectivity index (χ3n) is 5.04. The van der Waals surface area contributed by atoms with Crippen molar-refractivity contribution in [2.24, 2.45) is 5.73 Å². The maximum Gasteiger partial charge on any atom is 0.311 e. The normalized spacial score (nSPS) is 18.0. The summed E-state index contributed by atoms with van der Waals surface area (Å²) in [6, 6.07) is 13.7. The van der Waals surface area contributed by atoms with Crippen molar-refractivity contribution in [2.75, 3.05) is 11.5 Å². The predicted octanol–water partition coefficient (Wildman–Crippen LogP) is 2.94. The van der Waals surface area contributed by atoms with Gasteiger partial charge in [-0.1, -0.05) is 18.2 Å². The standard InChI is InChI=1S/C22H24N2O5/c1-14-13-18(22(27)28)17-5-2-3-6-19(17)24(14)21(26)15-8-10-16(11-9-15)29-12-4-7-20(23)25/h2-3,5-6,8-11,14,18H,4,7,12-13H2,1H3,(H2,23,25)(H,27,28)/t14-,18-/m1/s1. The molecule has 2 aromatic carbocycles. The SMILES string of the molecule is C[C@@H]1C[C@@H](C(=O)O)c2ccccc2N1C(=O)c1ccc(OCCCC(N)=O)cc1. The van der Waals surface area contributed by atoms with E-state index in [-0.39, 0.29) is 24.3 Å². The van der Waals surface area contributed by atoms with Gasteiger partial charge in [-0.05, 0) is 55.7 Å². The number of carbonyl (C=O) groups excluding carboxylic acids is 2. The van der Waals surface area contributed by atoms with Crippen LogP contribution in [0.3, 0.4) is 0 Å². The van der Waals surface area contributed by atoms with E-state index >= 15 is 0 Å². The van der Waals surface area contributed by atoms with Gasteiger partial charge in [0.1, 0.15) is 5.75 Å². The molecule has 0 saturated heterocycles. The van der Waals surface area contributed by atoms with Gasteiger partial charge >= 0.3 is 5.97 Å². The lowest BCUT2D eigenvalue weighted by atomic mass is 9.85. The van der Waals surface area contributed by atoms with Crippen LogP contribution >= 0.6 is 0 Å². The molecule has 3 N–H and O–H groups in total. The highest BCUT2D eigenvalue weighted by Crippen LogP contribution is 2.39. The summed E-state index contributed by atoms with van der Waals surface area (Å²) in [6.07, 6.45) is 1.15. The number of anilines is 1. The van der Waals surface area contributed by atoms with Crippen LogP contribution in [0.5, 0.6) is 5.75 Å². The topological polar surface area (TPSA) is 110 Å². The summed E-state index contributed by atoms with van der Waals surface area (Å²) in [5.41, 5.74) is 6.88. The summed E-state index contributed by atoms with van der Waals surface area (Å²) in [5.74, 6) is -1.45. The van der Waals surface area contributed by atoms with Crippen LogP contribution in [0.1, 0.15) is 48.0 Å². The monoisotopic (exact) mass is 396 g/mol. The number of carboxylic acid groups (broad SMARTS) is 1. The highest BCUT2D eigenvalue weighted by molar-refractivity contribution is 6.07. The van der Waals surface area contributed by atoms with Crippen LogP contribution in [0.4, 0.5) is 5.69 Å². The van der Waals surface area contributed by atoms with Crippen molar-refractivity contribution in [1.29, 1.82) is 0 Å². The first-order chi connectivity index (χ1) is 13.9. The summed E-state index contributed by atoms with van der Waals surface area (Å²) < 4.78 is 5.56. The van der Waals surface area contributed by atoms with Crippen molar-refractivity contribution in [3.8, 4) is 5.75 Å². The third-order valence-corrected chi connectivity index (χ3v) is 5.04. The first kappa shape index (κ1) is 20.4. The molecule has 2 atom stereocenters. The molecule has 7 heteroatoms. The van der Waals surface area contributed by atoms with E-state index < -0.39 is 11.9 Å². The number of amides is 2. The molecule has 29 heavy (non-hydrogen) atoms. The van der Waals surface area contributed by atoms with E-state index in [9.17, 15) is 19.5 Å². The van der Waals surface area contributed by atoms with E-state index in [1.54, 1.807) is 53.4 Å². The number of nitrogens with zero attached hydrogens (tertiary/aromatic N) is 1. The Morgan fingerprint density at radius 2 is 1.83 bits per heavy atom. The average molecular weight is 396 g/mol. The fraction of sp³-hybridized carbons (Fsp3) is 0.318. The third kappa shape index (κ3) is 4.56. The summed E-state index contributed by atoms with van der Waals surface area (Å²) in [7, 11) is 0. The minimum atomic E-state index is -0.880. The van der Waals surface area contributed by atoms with Crippen LogP contribution in [-0.4, -0.2) is 35.5 Å². The van der Waals surface area contributed by atoms with Crippen LogP contribution in [-0.2, 0) is 9.59 Å². The molecule has 0 spiro atoms. The molecular formula is C22H24N2O5. The number of hydrogen-bond acceptors (Lipinski definition) is 4. The summed E-state index contributed by atoms with van der Waals surface area (Å²) in [6.45, 7) is 2.23. The van der Waals surface area contributed by atoms with E-state index in [0.29, 0.717) is 42.0 Å². The van der Waals surface area contributed by atoms with Crippen LogP contribution in [0.2, 0.25) is 0 Å². The van der Waals surface area contributed by atoms with Gasteiger partial charge in [-0.15, -0.1) is 0 Å². The predicted molar refractivity (Wildman–Crippen MR) is 108 cm³/mol. The summed E-state index contributed by atoms with van der Waals surface area (Å²) >= 11 is 0. The molecular weight excluding hydrogens is 372 g/mol. The number of para-hydroxylation sites is 1. The van der Waals surface area contributed by atoms with Gasteiger partial charge < -0.3 is 20.5 Å². The molecule has 0 aliphatic carbocycles. The number of carboxylic acids is 1. The smallest absolute Gasteiger partial charge is 0.311 e. The van der Waals surface area contributed by atoms with Gasteiger partial charge in [-0.2, -0.15) is 0 Å². The number of carbonyl (C=O) groups is 3. The number of nitrogens with two attached hydrogens (primary N) is 1. The Bertz CT molecular complexity index is 910.